The van der Waals surface area contributed by atoms with E-state index in [1.165, 1.54) is 6.20 Å². The number of rotatable bonds is 11. The standard InChI is InChI=1S/C36H41N5O5/c1-45-22-21-41(31-15-17-39(18-16-31)25-27-5-3-26(23-37)4-6-27)35(43)30-9-12-33(38-24-30)36(44)40-19-13-29(14-20-40)34(42)28-7-10-32(46-2)11-8-28/h3-12,24,29,31H,13-22,25H2,1-2H3. The Morgan fingerprint density at radius 2 is 1.57 bits per heavy atom. The summed E-state index contributed by atoms with van der Waals surface area (Å²) < 4.78 is 10.5. The van der Waals surface area contributed by atoms with Gasteiger partial charge < -0.3 is 19.3 Å². The molecule has 2 aliphatic heterocycles. The van der Waals surface area contributed by atoms with Crippen molar-refractivity contribution in [2.24, 2.45) is 5.92 Å². The summed E-state index contributed by atoms with van der Waals surface area (Å²) in [5.41, 5.74) is 3.20. The molecule has 240 valence electrons. The summed E-state index contributed by atoms with van der Waals surface area (Å²) in [4.78, 5) is 50.3. The molecular weight excluding hydrogens is 582 g/mol. The van der Waals surface area contributed by atoms with Crippen molar-refractivity contribution < 1.29 is 23.9 Å². The number of benzene rings is 2. The zero-order valence-corrected chi connectivity index (χ0v) is 26.6. The number of ether oxygens (including phenoxy) is 2. The van der Waals surface area contributed by atoms with Gasteiger partial charge in [-0.2, -0.15) is 5.26 Å². The highest BCUT2D eigenvalue weighted by Gasteiger charge is 2.31. The first-order chi connectivity index (χ1) is 22.4. The Morgan fingerprint density at radius 3 is 2.15 bits per heavy atom. The van der Waals surface area contributed by atoms with Gasteiger partial charge in [-0.3, -0.25) is 24.3 Å². The summed E-state index contributed by atoms with van der Waals surface area (Å²) in [6.07, 6.45) is 4.36. The van der Waals surface area contributed by atoms with Gasteiger partial charge in [-0.25, -0.2) is 0 Å². The summed E-state index contributed by atoms with van der Waals surface area (Å²) in [6.45, 7) is 4.37. The number of aromatic nitrogens is 1. The van der Waals surface area contributed by atoms with Crippen molar-refractivity contribution in [1.29, 1.82) is 5.26 Å². The molecule has 3 heterocycles. The second-order valence-electron chi connectivity index (χ2n) is 11.9. The minimum atomic E-state index is -0.194. The van der Waals surface area contributed by atoms with E-state index in [-0.39, 0.29) is 35.3 Å². The molecule has 0 bridgehead atoms. The Bertz CT molecular complexity index is 1520. The fraction of sp³-hybridized carbons (Fsp3) is 0.417. The molecule has 10 nitrogen and oxygen atoms in total. The van der Waals surface area contributed by atoms with Crippen molar-refractivity contribution in [3.63, 3.8) is 0 Å². The number of pyridine rings is 1. The van der Waals surface area contributed by atoms with Gasteiger partial charge in [-0.15, -0.1) is 0 Å². The highest BCUT2D eigenvalue weighted by atomic mass is 16.5. The van der Waals surface area contributed by atoms with Gasteiger partial charge in [-0.05, 0) is 79.8 Å². The van der Waals surface area contributed by atoms with Crippen molar-refractivity contribution in [2.45, 2.75) is 38.3 Å². The van der Waals surface area contributed by atoms with E-state index < -0.39 is 0 Å². The Morgan fingerprint density at radius 1 is 0.891 bits per heavy atom. The first kappa shape index (κ1) is 32.8. The van der Waals surface area contributed by atoms with Crippen molar-refractivity contribution in [3.05, 3.63) is 94.8 Å². The normalized spacial score (nSPS) is 16.1. The fourth-order valence-corrected chi connectivity index (χ4v) is 6.28. The molecule has 10 heteroatoms. The lowest BCUT2D eigenvalue weighted by Gasteiger charge is -2.38. The summed E-state index contributed by atoms with van der Waals surface area (Å²) in [6, 6.07) is 20.3. The van der Waals surface area contributed by atoms with Gasteiger partial charge in [0, 0.05) is 70.1 Å². The molecule has 2 aromatic carbocycles. The average Bonchev–Trinajstić information content (AvgIpc) is 3.12. The number of hydrogen-bond donors (Lipinski definition) is 0. The molecule has 0 radical (unpaired) electrons. The molecule has 3 aromatic rings. The Labute approximate surface area is 270 Å². The maximum Gasteiger partial charge on any atom is 0.272 e. The molecule has 2 saturated heterocycles. The minimum Gasteiger partial charge on any atom is -0.497 e. The summed E-state index contributed by atoms with van der Waals surface area (Å²) in [5.74, 6) is 0.349. The van der Waals surface area contributed by atoms with Crippen LogP contribution in [0.1, 0.15) is 68.0 Å². The molecule has 0 saturated carbocycles. The maximum absolute atomic E-state index is 13.7. The Balaban J connectivity index is 1.14. The predicted molar refractivity (Wildman–Crippen MR) is 173 cm³/mol. The first-order valence-electron chi connectivity index (χ1n) is 15.8. The second-order valence-corrected chi connectivity index (χ2v) is 11.9. The largest absolute Gasteiger partial charge is 0.497 e. The number of nitriles is 1. The quantitative estimate of drug-likeness (QED) is 0.288. The van der Waals surface area contributed by atoms with E-state index in [1.807, 2.05) is 29.2 Å². The van der Waals surface area contributed by atoms with Crippen LogP contribution < -0.4 is 4.74 Å². The van der Waals surface area contributed by atoms with E-state index in [4.69, 9.17) is 14.7 Å². The number of hydrogen-bond acceptors (Lipinski definition) is 8. The third-order valence-electron chi connectivity index (χ3n) is 9.04. The van der Waals surface area contributed by atoms with Gasteiger partial charge in [0.2, 0.25) is 0 Å². The molecule has 0 atom stereocenters. The number of carbonyl (C=O) groups excluding carboxylic acids is 3. The van der Waals surface area contributed by atoms with Crippen LogP contribution in [-0.4, -0.2) is 96.9 Å². The van der Waals surface area contributed by atoms with E-state index in [2.05, 4.69) is 16.0 Å². The van der Waals surface area contributed by atoms with E-state index in [0.717, 1.165) is 38.0 Å². The number of nitrogens with zero attached hydrogens (tertiary/aromatic N) is 5. The van der Waals surface area contributed by atoms with Gasteiger partial charge in [0.15, 0.2) is 5.78 Å². The van der Waals surface area contributed by atoms with E-state index in [1.54, 1.807) is 55.5 Å². The maximum atomic E-state index is 13.7. The van der Waals surface area contributed by atoms with Gasteiger partial charge in [0.05, 0.1) is 30.9 Å². The highest BCUT2D eigenvalue weighted by molar-refractivity contribution is 5.99. The molecule has 46 heavy (non-hydrogen) atoms. The number of Topliss-reactive ketones (excluding diaryl/α,β-unsaturated/α-hetero) is 1. The van der Waals surface area contributed by atoms with Crippen molar-refractivity contribution in [1.82, 2.24) is 19.7 Å². The lowest BCUT2D eigenvalue weighted by molar-refractivity contribution is 0.0477. The molecule has 0 N–H and O–H groups in total. The van der Waals surface area contributed by atoms with Crippen LogP contribution in [0.25, 0.3) is 0 Å². The topological polar surface area (TPSA) is 116 Å². The van der Waals surface area contributed by atoms with Crippen LogP contribution in [-0.2, 0) is 11.3 Å². The third-order valence-corrected chi connectivity index (χ3v) is 9.04. The Kier molecular flexibility index (Phi) is 11.1. The smallest absolute Gasteiger partial charge is 0.272 e. The van der Waals surface area contributed by atoms with E-state index in [9.17, 15) is 14.4 Å². The SMILES string of the molecule is COCCN(C(=O)c1ccc(C(=O)N2CCC(C(=O)c3ccc(OC)cc3)CC2)nc1)C1CCN(Cc2ccc(C#N)cc2)CC1. The van der Waals surface area contributed by atoms with E-state index >= 15 is 0 Å². The highest BCUT2D eigenvalue weighted by Crippen LogP contribution is 2.25. The molecule has 2 aliphatic rings. The summed E-state index contributed by atoms with van der Waals surface area (Å²) in [5, 5.41) is 9.04. The van der Waals surface area contributed by atoms with Gasteiger partial charge in [-0.1, -0.05) is 12.1 Å². The molecule has 1 aromatic heterocycles. The average molecular weight is 624 g/mol. The third kappa shape index (κ3) is 7.97. The van der Waals surface area contributed by atoms with Gasteiger partial charge in [0.25, 0.3) is 11.8 Å². The number of likely N-dealkylation sites (tertiary alicyclic amines) is 2. The second kappa shape index (κ2) is 15.6. The number of methoxy groups -OCH3 is 2. The number of ketones is 1. The molecule has 5 rings (SSSR count). The van der Waals surface area contributed by atoms with Crippen LogP contribution in [0.15, 0.2) is 66.9 Å². The fourth-order valence-electron chi connectivity index (χ4n) is 6.28. The van der Waals surface area contributed by atoms with Crippen molar-refractivity contribution >= 4 is 17.6 Å². The van der Waals surface area contributed by atoms with Crippen LogP contribution in [0.5, 0.6) is 5.75 Å². The summed E-state index contributed by atoms with van der Waals surface area (Å²) >= 11 is 0. The van der Waals surface area contributed by atoms with Gasteiger partial charge >= 0.3 is 0 Å². The van der Waals surface area contributed by atoms with Crippen LogP contribution in [0, 0.1) is 17.2 Å². The van der Waals surface area contributed by atoms with Crippen molar-refractivity contribution in [3.8, 4) is 11.8 Å². The van der Waals surface area contributed by atoms with Crippen LogP contribution in [0.4, 0.5) is 0 Å². The molecule has 0 spiro atoms. The number of piperidine rings is 2. The van der Waals surface area contributed by atoms with Crippen LogP contribution in [0.2, 0.25) is 0 Å². The monoisotopic (exact) mass is 623 g/mol. The number of carbonyl (C=O) groups is 3. The molecule has 0 unspecified atom stereocenters. The number of amides is 2. The van der Waals surface area contributed by atoms with E-state index in [0.29, 0.717) is 61.5 Å². The lowest BCUT2D eigenvalue weighted by atomic mass is 9.88. The summed E-state index contributed by atoms with van der Waals surface area (Å²) in [7, 11) is 3.22. The Hall–Kier alpha value is -4.59. The van der Waals surface area contributed by atoms with Crippen molar-refractivity contribution in [2.75, 3.05) is 53.6 Å². The zero-order valence-electron chi connectivity index (χ0n) is 26.6. The first-order valence-corrected chi connectivity index (χ1v) is 15.8. The van der Waals surface area contributed by atoms with Crippen LogP contribution >= 0.6 is 0 Å². The molecule has 2 amide bonds. The molecular formula is C36H41N5O5. The van der Waals surface area contributed by atoms with Crippen LogP contribution in [0.3, 0.4) is 0 Å². The zero-order chi connectivity index (χ0) is 32.5. The molecule has 0 aliphatic carbocycles. The lowest BCUT2D eigenvalue weighted by Crippen LogP contribution is -2.48. The molecule has 2 fully saturated rings. The predicted octanol–water partition coefficient (Wildman–Crippen LogP) is 4.45. The van der Waals surface area contributed by atoms with Gasteiger partial charge in [0.1, 0.15) is 11.4 Å². The minimum absolute atomic E-state index is 0.0723.